The molecule has 2 fully saturated rings. The third-order valence-corrected chi connectivity index (χ3v) is 7.07. The van der Waals surface area contributed by atoms with Crippen LogP contribution in [0.1, 0.15) is 57.0 Å². The maximum atomic E-state index is 14.6. The summed E-state index contributed by atoms with van der Waals surface area (Å²) < 4.78 is 26.8. The molecule has 0 unspecified atom stereocenters. The van der Waals surface area contributed by atoms with Gasteiger partial charge in [-0.25, -0.2) is 9.18 Å². The van der Waals surface area contributed by atoms with E-state index in [4.69, 9.17) is 9.26 Å². The number of para-hydroxylation sites is 1. The second-order valence-electron chi connectivity index (χ2n) is 9.01. The van der Waals surface area contributed by atoms with E-state index in [0.29, 0.717) is 30.5 Å². The molecule has 0 saturated carbocycles. The third-order valence-electron chi connectivity index (χ3n) is 7.07. The summed E-state index contributed by atoms with van der Waals surface area (Å²) in [7, 11) is 0. The fourth-order valence-corrected chi connectivity index (χ4v) is 5.21. The Labute approximate surface area is 197 Å². The summed E-state index contributed by atoms with van der Waals surface area (Å²) >= 11 is 0. The standard InChI is InChI=1S/C24H31FN6O3/c1-3-20-18-6-5-7-19(25)21(18)31(27-20)23-26-22(34-28-23)16-8-12-29(13-9-16)17-10-14-30(15-11-17)24(32)33-4-2/h5-7,16-17H,3-4,8-15H2,1-2H3. The summed E-state index contributed by atoms with van der Waals surface area (Å²) in [4.78, 5) is 20.9. The molecule has 2 aromatic heterocycles. The molecule has 0 atom stereocenters. The molecule has 0 bridgehead atoms. The molecule has 0 N–H and O–H groups in total. The number of rotatable bonds is 5. The van der Waals surface area contributed by atoms with E-state index >= 15 is 0 Å². The van der Waals surface area contributed by atoms with E-state index in [1.807, 2.05) is 19.9 Å². The van der Waals surface area contributed by atoms with E-state index in [1.54, 1.807) is 11.0 Å². The van der Waals surface area contributed by atoms with Crippen molar-refractivity contribution in [2.45, 2.75) is 57.9 Å². The summed E-state index contributed by atoms with van der Waals surface area (Å²) in [6.45, 7) is 7.62. The fraction of sp³-hybridized carbons (Fsp3) is 0.583. The first-order valence-electron chi connectivity index (χ1n) is 12.2. The van der Waals surface area contributed by atoms with Gasteiger partial charge in [0.05, 0.1) is 12.3 Å². The highest BCUT2D eigenvalue weighted by atomic mass is 19.1. The summed E-state index contributed by atoms with van der Waals surface area (Å²) in [6.07, 6.45) is 4.26. The van der Waals surface area contributed by atoms with Crippen molar-refractivity contribution in [3.63, 3.8) is 0 Å². The predicted molar refractivity (Wildman–Crippen MR) is 123 cm³/mol. The number of carbonyl (C=O) groups is 1. The monoisotopic (exact) mass is 470 g/mol. The first kappa shape index (κ1) is 22.8. The second kappa shape index (κ2) is 9.69. The van der Waals surface area contributed by atoms with Crippen LogP contribution in [0.4, 0.5) is 9.18 Å². The Bertz CT molecular complexity index is 1140. The van der Waals surface area contributed by atoms with Gasteiger partial charge in [-0.1, -0.05) is 19.1 Å². The minimum Gasteiger partial charge on any atom is -0.450 e. The number of likely N-dealkylation sites (tertiary alicyclic amines) is 2. The highest BCUT2D eigenvalue weighted by molar-refractivity contribution is 5.83. The number of ether oxygens (including phenoxy) is 1. The van der Waals surface area contributed by atoms with Gasteiger partial charge in [-0.3, -0.25) is 0 Å². The van der Waals surface area contributed by atoms with Crippen molar-refractivity contribution in [2.75, 3.05) is 32.8 Å². The van der Waals surface area contributed by atoms with Crippen LogP contribution in [-0.4, -0.2) is 74.6 Å². The normalized spacial score (nSPS) is 18.6. The predicted octanol–water partition coefficient (Wildman–Crippen LogP) is 3.91. The molecule has 182 valence electrons. The van der Waals surface area contributed by atoms with Crippen LogP contribution in [-0.2, 0) is 11.2 Å². The van der Waals surface area contributed by atoms with Crippen LogP contribution >= 0.6 is 0 Å². The minimum absolute atomic E-state index is 0.175. The highest BCUT2D eigenvalue weighted by Crippen LogP contribution is 2.31. The maximum Gasteiger partial charge on any atom is 0.409 e. The lowest BCUT2D eigenvalue weighted by molar-refractivity contribution is 0.0646. The number of amides is 1. The molecule has 3 aromatic rings. The largest absolute Gasteiger partial charge is 0.450 e. The molecule has 5 rings (SSSR count). The zero-order valence-corrected chi connectivity index (χ0v) is 19.7. The molecule has 1 amide bonds. The lowest BCUT2D eigenvalue weighted by Gasteiger charge is -2.41. The average Bonchev–Trinajstić information content (AvgIpc) is 3.50. The zero-order chi connectivity index (χ0) is 23.7. The Balaban J connectivity index is 1.22. The second-order valence-corrected chi connectivity index (χ2v) is 9.01. The van der Waals surface area contributed by atoms with E-state index in [9.17, 15) is 9.18 Å². The molecule has 10 heteroatoms. The van der Waals surface area contributed by atoms with Crippen molar-refractivity contribution in [3.05, 3.63) is 35.6 Å². The van der Waals surface area contributed by atoms with Crippen LogP contribution in [0.25, 0.3) is 16.9 Å². The van der Waals surface area contributed by atoms with E-state index in [1.165, 1.54) is 10.7 Å². The highest BCUT2D eigenvalue weighted by Gasteiger charge is 2.32. The smallest absolute Gasteiger partial charge is 0.409 e. The molecule has 2 saturated heterocycles. The van der Waals surface area contributed by atoms with Crippen molar-refractivity contribution < 1.29 is 18.4 Å². The molecule has 34 heavy (non-hydrogen) atoms. The quantitative estimate of drug-likeness (QED) is 0.558. The molecular weight excluding hydrogens is 439 g/mol. The van der Waals surface area contributed by atoms with Gasteiger partial charge in [0.15, 0.2) is 0 Å². The first-order chi connectivity index (χ1) is 16.6. The van der Waals surface area contributed by atoms with Crippen molar-refractivity contribution in [1.29, 1.82) is 0 Å². The average molecular weight is 471 g/mol. The number of benzene rings is 1. The Hall–Kier alpha value is -3.01. The van der Waals surface area contributed by atoms with Gasteiger partial charge in [0.2, 0.25) is 5.89 Å². The van der Waals surface area contributed by atoms with Gasteiger partial charge >= 0.3 is 6.09 Å². The number of halogens is 1. The van der Waals surface area contributed by atoms with E-state index in [2.05, 4.69) is 20.1 Å². The fourth-order valence-electron chi connectivity index (χ4n) is 5.21. The lowest BCUT2D eigenvalue weighted by Crippen LogP contribution is -2.48. The minimum atomic E-state index is -0.349. The van der Waals surface area contributed by atoms with Crippen LogP contribution in [0.2, 0.25) is 0 Å². The van der Waals surface area contributed by atoms with E-state index in [-0.39, 0.29) is 23.8 Å². The van der Waals surface area contributed by atoms with E-state index < -0.39 is 0 Å². The Morgan fingerprint density at radius 2 is 1.91 bits per heavy atom. The van der Waals surface area contributed by atoms with Crippen molar-refractivity contribution >= 4 is 17.0 Å². The van der Waals surface area contributed by atoms with Crippen LogP contribution in [0, 0.1) is 5.82 Å². The molecule has 0 radical (unpaired) electrons. The van der Waals surface area contributed by atoms with Crippen LogP contribution in [0.3, 0.4) is 0 Å². The summed E-state index contributed by atoms with van der Waals surface area (Å²) in [5.41, 5.74) is 1.19. The molecule has 0 aliphatic carbocycles. The van der Waals surface area contributed by atoms with Crippen molar-refractivity contribution in [1.82, 2.24) is 29.7 Å². The summed E-state index contributed by atoms with van der Waals surface area (Å²) in [5.74, 6) is 0.691. The van der Waals surface area contributed by atoms with Crippen LogP contribution in [0.15, 0.2) is 22.7 Å². The number of aromatic nitrogens is 4. The Morgan fingerprint density at radius 1 is 1.15 bits per heavy atom. The number of fused-ring (bicyclic) bond motifs is 1. The number of piperidine rings is 2. The summed E-state index contributed by atoms with van der Waals surface area (Å²) in [5, 5.41) is 9.46. The molecule has 9 nitrogen and oxygen atoms in total. The Morgan fingerprint density at radius 3 is 2.62 bits per heavy atom. The molecule has 4 heterocycles. The van der Waals surface area contributed by atoms with E-state index in [0.717, 1.165) is 62.9 Å². The number of hydrogen-bond acceptors (Lipinski definition) is 7. The maximum absolute atomic E-state index is 14.6. The first-order valence-corrected chi connectivity index (χ1v) is 12.2. The van der Waals surface area contributed by atoms with Gasteiger partial charge in [0.1, 0.15) is 11.3 Å². The molecule has 1 aromatic carbocycles. The Kier molecular flexibility index (Phi) is 6.49. The number of carbonyl (C=O) groups excluding carboxylic acids is 1. The number of nitrogens with zero attached hydrogens (tertiary/aromatic N) is 6. The lowest BCUT2D eigenvalue weighted by atomic mass is 9.93. The SMILES string of the molecule is CCOC(=O)N1CCC(N2CCC(c3nc(-n4nc(CC)c5cccc(F)c54)no3)CC2)CC1. The van der Waals surface area contributed by atoms with Gasteiger partial charge in [-0.2, -0.15) is 14.8 Å². The van der Waals surface area contributed by atoms with Gasteiger partial charge in [-0.15, -0.1) is 0 Å². The third kappa shape index (κ3) is 4.26. The number of hydrogen-bond donors (Lipinski definition) is 0. The molecule has 0 spiro atoms. The van der Waals surface area contributed by atoms with Crippen LogP contribution in [0.5, 0.6) is 0 Å². The van der Waals surface area contributed by atoms with Gasteiger partial charge in [0, 0.05) is 30.4 Å². The summed E-state index contributed by atoms with van der Waals surface area (Å²) in [6, 6.07) is 5.47. The number of aryl methyl sites for hydroxylation is 1. The van der Waals surface area contributed by atoms with Gasteiger partial charge in [-0.05, 0) is 63.3 Å². The molecular formula is C24H31FN6O3. The topological polar surface area (TPSA) is 89.5 Å². The van der Waals surface area contributed by atoms with Crippen molar-refractivity contribution in [3.8, 4) is 5.95 Å². The molecule has 2 aliphatic rings. The zero-order valence-electron chi connectivity index (χ0n) is 19.7. The van der Waals surface area contributed by atoms with Gasteiger partial charge in [0.25, 0.3) is 5.95 Å². The van der Waals surface area contributed by atoms with Gasteiger partial charge < -0.3 is 19.1 Å². The molecule has 2 aliphatic heterocycles. The van der Waals surface area contributed by atoms with Crippen LogP contribution < -0.4 is 0 Å². The van der Waals surface area contributed by atoms with Crippen molar-refractivity contribution in [2.24, 2.45) is 0 Å².